The largest absolute Gasteiger partial charge is 0.381 e. The van der Waals surface area contributed by atoms with Crippen LogP contribution in [-0.4, -0.2) is 50.0 Å². The number of methoxy groups -OCH3 is 1. The van der Waals surface area contributed by atoms with Crippen molar-refractivity contribution in [2.45, 2.75) is 37.3 Å². The Bertz CT molecular complexity index is 271. The fraction of sp³-hybridized carbons (Fsp3) is 0.917. The number of hydrogen-bond donors (Lipinski definition) is 0. The summed E-state index contributed by atoms with van der Waals surface area (Å²) in [6.07, 6.45) is 4.24. The zero-order valence-corrected chi connectivity index (χ0v) is 9.95. The molecule has 0 aromatic rings. The first-order valence-electron chi connectivity index (χ1n) is 6.07. The first kappa shape index (κ1) is 11.8. The van der Waals surface area contributed by atoms with E-state index >= 15 is 0 Å². The van der Waals surface area contributed by atoms with Crippen molar-refractivity contribution in [2.75, 3.05) is 33.4 Å². The van der Waals surface area contributed by atoms with Crippen molar-refractivity contribution in [1.29, 1.82) is 5.26 Å². The van der Waals surface area contributed by atoms with E-state index in [9.17, 15) is 5.26 Å². The molecule has 0 spiro atoms. The van der Waals surface area contributed by atoms with Gasteiger partial charge in [0, 0.05) is 26.6 Å². The summed E-state index contributed by atoms with van der Waals surface area (Å²) in [6.45, 7) is 3.26. The highest BCUT2D eigenvalue weighted by Crippen LogP contribution is 2.34. The molecule has 16 heavy (non-hydrogen) atoms. The van der Waals surface area contributed by atoms with Crippen LogP contribution in [0.3, 0.4) is 0 Å². The van der Waals surface area contributed by atoms with Gasteiger partial charge in [0.2, 0.25) is 0 Å². The summed E-state index contributed by atoms with van der Waals surface area (Å²) in [5.41, 5.74) is -0.303. The van der Waals surface area contributed by atoms with Gasteiger partial charge in [0.25, 0.3) is 0 Å². The maximum atomic E-state index is 9.52. The van der Waals surface area contributed by atoms with E-state index in [4.69, 9.17) is 9.47 Å². The normalized spacial score (nSPS) is 36.9. The Hall–Kier alpha value is -0.630. The summed E-state index contributed by atoms with van der Waals surface area (Å²) >= 11 is 0. The molecule has 0 aromatic carbocycles. The Labute approximate surface area is 97.1 Å². The van der Waals surface area contributed by atoms with Crippen LogP contribution in [0.5, 0.6) is 0 Å². The second-order valence-electron chi connectivity index (χ2n) is 4.70. The molecule has 0 N–H and O–H groups in total. The van der Waals surface area contributed by atoms with E-state index in [1.54, 1.807) is 7.11 Å². The molecule has 2 rings (SSSR count). The van der Waals surface area contributed by atoms with E-state index in [1.807, 2.05) is 0 Å². The van der Waals surface area contributed by atoms with Crippen molar-refractivity contribution in [2.24, 2.45) is 0 Å². The summed E-state index contributed by atoms with van der Waals surface area (Å²) < 4.78 is 10.8. The van der Waals surface area contributed by atoms with E-state index in [-0.39, 0.29) is 11.6 Å². The Morgan fingerprint density at radius 2 is 2.19 bits per heavy atom. The molecule has 2 atom stereocenters. The Balaban J connectivity index is 2.08. The fourth-order valence-corrected chi connectivity index (χ4v) is 2.85. The van der Waals surface area contributed by atoms with Crippen LogP contribution in [0.1, 0.15) is 25.7 Å². The smallest absolute Gasteiger partial charge is 0.111 e. The van der Waals surface area contributed by atoms with Crippen LogP contribution < -0.4 is 0 Å². The van der Waals surface area contributed by atoms with Gasteiger partial charge in [0.15, 0.2) is 0 Å². The van der Waals surface area contributed by atoms with E-state index in [1.165, 1.54) is 0 Å². The lowest BCUT2D eigenvalue weighted by atomic mass is 9.79. The molecule has 2 aliphatic rings. The van der Waals surface area contributed by atoms with Crippen molar-refractivity contribution in [3.05, 3.63) is 0 Å². The van der Waals surface area contributed by atoms with Crippen LogP contribution in [0.2, 0.25) is 0 Å². The minimum absolute atomic E-state index is 0.247. The zero-order chi connectivity index (χ0) is 11.4. The highest BCUT2D eigenvalue weighted by molar-refractivity contribution is 5.11. The minimum atomic E-state index is -0.303. The Kier molecular flexibility index (Phi) is 3.80. The van der Waals surface area contributed by atoms with Crippen LogP contribution in [0.25, 0.3) is 0 Å². The van der Waals surface area contributed by atoms with Crippen LogP contribution in [0.15, 0.2) is 0 Å². The van der Waals surface area contributed by atoms with Crippen molar-refractivity contribution < 1.29 is 9.47 Å². The average Bonchev–Trinajstić information content (AvgIpc) is 2.39. The maximum absolute atomic E-state index is 9.52. The topological polar surface area (TPSA) is 45.5 Å². The first-order valence-corrected chi connectivity index (χ1v) is 6.07. The number of nitriles is 1. The molecule has 4 nitrogen and oxygen atoms in total. The first-order chi connectivity index (χ1) is 7.80. The SMILES string of the molecule is COC1CCCC(C#N)(N2CCOCC2)C1. The van der Waals surface area contributed by atoms with Crippen LogP contribution >= 0.6 is 0 Å². The monoisotopic (exact) mass is 224 g/mol. The molecule has 1 saturated carbocycles. The molecule has 2 fully saturated rings. The summed E-state index contributed by atoms with van der Waals surface area (Å²) in [7, 11) is 1.75. The Morgan fingerprint density at radius 1 is 1.44 bits per heavy atom. The van der Waals surface area contributed by atoms with Gasteiger partial charge in [0.05, 0.1) is 25.4 Å². The standard InChI is InChI=1S/C12H20N2O2/c1-15-11-3-2-4-12(9-11,10-13)14-5-7-16-8-6-14/h11H,2-9H2,1H3. The summed E-state index contributed by atoms with van der Waals surface area (Å²) in [4.78, 5) is 2.29. The van der Waals surface area contributed by atoms with E-state index in [0.717, 1.165) is 52.0 Å². The van der Waals surface area contributed by atoms with Crippen LogP contribution in [-0.2, 0) is 9.47 Å². The van der Waals surface area contributed by atoms with Gasteiger partial charge in [-0.05, 0) is 19.3 Å². The van der Waals surface area contributed by atoms with Gasteiger partial charge in [-0.25, -0.2) is 0 Å². The van der Waals surface area contributed by atoms with Crippen LogP contribution in [0.4, 0.5) is 0 Å². The zero-order valence-electron chi connectivity index (χ0n) is 9.95. The third kappa shape index (κ3) is 2.22. The quantitative estimate of drug-likeness (QED) is 0.706. The summed E-state index contributed by atoms with van der Waals surface area (Å²) in [5, 5.41) is 9.52. The number of hydrogen-bond acceptors (Lipinski definition) is 4. The molecule has 2 unspecified atom stereocenters. The van der Waals surface area contributed by atoms with Crippen molar-refractivity contribution in [3.8, 4) is 6.07 Å². The van der Waals surface area contributed by atoms with E-state index in [2.05, 4.69) is 11.0 Å². The molecule has 1 aliphatic carbocycles. The van der Waals surface area contributed by atoms with Crippen LogP contribution in [0, 0.1) is 11.3 Å². The predicted octanol–water partition coefficient (Wildman–Crippen LogP) is 1.17. The second-order valence-corrected chi connectivity index (χ2v) is 4.70. The maximum Gasteiger partial charge on any atom is 0.111 e. The second kappa shape index (κ2) is 5.13. The van der Waals surface area contributed by atoms with Crippen molar-refractivity contribution in [3.63, 3.8) is 0 Å². The molecular weight excluding hydrogens is 204 g/mol. The molecule has 1 aliphatic heterocycles. The van der Waals surface area contributed by atoms with Gasteiger partial charge in [-0.2, -0.15) is 5.26 Å². The molecule has 4 heteroatoms. The minimum Gasteiger partial charge on any atom is -0.381 e. The van der Waals surface area contributed by atoms with Gasteiger partial charge in [-0.15, -0.1) is 0 Å². The predicted molar refractivity (Wildman–Crippen MR) is 60.0 cm³/mol. The lowest BCUT2D eigenvalue weighted by Crippen LogP contribution is -2.55. The molecule has 1 saturated heterocycles. The average molecular weight is 224 g/mol. The summed E-state index contributed by atoms with van der Waals surface area (Å²) in [5.74, 6) is 0. The number of nitrogens with zero attached hydrogens (tertiary/aromatic N) is 2. The van der Waals surface area contributed by atoms with Gasteiger partial charge >= 0.3 is 0 Å². The third-order valence-corrected chi connectivity index (χ3v) is 3.84. The summed E-state index contributed by atoms with van der Waals surface area (Å²) in [6, 6.07) is 2.54. The highest BCUT2D eigenvalue weighted by Gasteiger charge is 2.42. The van der Waals surface area contributed by atoms with Gasteiger partial charge in [-0.1, -0.05) is 0 Å². The molecule has 1 heterocycles. The van der Waals surface area contributed by atoms with Crippen molar-refractivity contribution >= 4 is 0 Å². The van der Waals surface area contributed by atoms with Gasteiger partial charge in [-0.3, -0.25) is 4.90 Å². The third-order valence-electron chi connectivity index (χ3n) is 3.84. The Morgan fingerprint density at radius 3 is 2.81 bits per heavy atom. The molecule has 90 valence electrons. The molecular formula is C12H20N2O2. The lowest BCUT2D eigenvalue weighted by Gasteiger charge is -2.45. The van der Waals surface area contributed by atoms with Crippen molar-refractivity contribution in [1.82, 2.24) is 4.90 Å². The highest BCUT2D eigenvalue weighted by atomic mass is 16.5. The molecule has 0 aromatic heterocycles. The number of rotatable bonds is 2. The molecule has 0 radical (unpaired) electrons. The fourth-order valence-electron chi connectivity index (χ4n) is 2.85. The lowest BCUT2D eigenvalue weighted by molar-refractivity contribution is -0.0449. The molecule has 0 bridgehead atoms. The van der Waals surface area contributed by atoms with E-state index < -0.39 is 0 Å². The van der Waals surface area contributed by atoms with E-state index in [0.29, 0.717) is 0 Å². The number of ether oxygens (including phenoxy) is 2. The molecule has 0 amide bonds. The van der Waals surface area contributed by atoms with Gasteiger partial charge < -0.3 is 9.47 Å². The number of morpholine rings is 1. The van der Waals surface area contributed by atoms with Gasteiger partial charge in [0.1, 0.15) is 5.54 Å².